The monoisotopic (exact) mass is 501 g/mol. The van der Waals surface area contributed by atoms with E-state index in [1.54, 1.807) is 32.2 Å². The average Bonchev–Trinajstić information content (AvgIpc) is 3.32. The third-order valence-electron chi connectivity index (χ3n) is 6.90. The van der Waals surface area contributed by atoms with Gasteiger partial charge in [-0.15, -0.1) is 0 Å². The van der Waals surface area contributed by atoms with Crippen molar-refractivity contribution in [2.75, 3.05) is 19.5 Å². The van der Waals surface area contributed by atoms with Crippen molar-refractivity contribution in [3.8, 4) is 0 Å². The summed E-state index contributed by atoms with van der Waals surface area (Å²) < 4.78 is 29.3. The average molecular weight is 502 g/mol. The summed E-state index contributed by atoms with van der Waals surface area (Å²) in [7, 11) is -3.31. The quantitative estimate of drug-likeness (QED) is 0.504. The van der Waals surface area contributed by atoms with Crippen LogP contribution in [0.15, 0.2) is 53.3 Å². The van der Waals surface area contributed by atoms with Gasteiger partial charge in [0.15, 0.2) is 9.84 Å². The molecule has 0 radical (unpaired) electrons. The molecule has 190 valence electrons. The van der Waals surface area contributed by atoms with Gasteiger partial charge in [0.05, 0.1) is 22.2 Å². The molecule has 8 nitrogen and oxygen atoms in total. The Hall–Kier alpha value is -2.33. The predicted octanol–water partition coefficient (Wildman–Crippen LogP) is 3.20. The Kier molecular flexibility index (Phi) is 7.61. The number of aromatic nitrogens is 2. The predicted molar refractivity (Wildman–Crippen MR) is 132 cm³/mol. The standard InChI is InChI=1S/C26H35N3O5S/c1-26(2,31)25(30)18-4-6-23(27-15-18)24-9-8-22(29-24)20(14-17-10-12-34-13-11-17)21-7-5-19(16-28-21)35(3,32)33/h4-8,15-17,20,24-25,29-31H,9-14H2,1-3H3. The number of hydrogen-bond donors (Lipinski definition) is 3. The molecule has 2 aliphatic heterocycles. The highest BCUT2D eigenvalue weighted by Gasteiger charge is 2.30. The number of nitrogens with zero attached hydrogens (tertiary/aromatic N) is 2. The minimum atomic E-state index is -3.31. The Bertz CT molecular complexity index is 1140. The van der Waals surface area contributed by atoms with Crippen molar-refractivity contribution in [1.29, 1.82) is 0 Å². The summed E-state index contributed by atoms with van der Waals surface area (Å²) in [5.41, 5.74) is 2.09. The number of aliphatic hydroxyl groups excluding tert-OH is 1. The second kappa shape index (κ2) is 10.3. The van der Waals surface area contributed by atoms with Crippen molar-refractivity contribution in [3.63, 3.8) is 0 Å². The molecule has 0 bridgehead atoms. The van der Waals surface area contributed by atoms with Crippen molar-refractivity contribution in [2.45, 2.75) is 68.1 Å². The highest BCUT2D eigenvalue weighted by atomic mass is 32.2. The molecule has 2 aliphatic rings. The first kappa shape index (κ1) is 25.8. The fourth-order valence-electron chi connectivity index (χ4n) is 4.73. The molecule has 9 heteroatoms. The summed E-state index contributed by atoms with van der Waals surface area (Å²) in [4.78, 5) is 9.32. The maximum absolute atomic E-state index is 11.9. The van der Waals surface area contributed by atoms with E-state index in [9.17, 15) is 18.6 Å². The molecule has 3 unspecified atom stereocenters. The van der Waals surface area contributed by atoms with Crippen LogP contribution in [0.1, 0.15) is 74.5 Å². The molecular weight excluding hydrogens is 466 g/mol. The molecule has 0 saturated carbocycles. The second-order valence-corrected chi connectivity index (χ2v) is 12.2. The van der Waals surface area contributed by atoms with E-state index in [0.29, 0.717) is 11.5 Å². The molecule has 1 saturated heterocycles. The molecule has 4 rings (SSSR count). The van der Waals surface area contributed by atoms with Gasteiger partial charge in [0.25, 0.3) is 0 Å². The van der Waals surface area contributed by atoms with Crippen LogP contribution in [0.3, 0.4) is 0 Å². The van der Waals surface area contributed by atoms with E-state index in [1.807, 2.05) is 12.1 Å². The number of allylic oxidation sites excluding steroid dienone is 1. The molecule has 4 heterocycles. The summed E-state index contributed by atoms with van der Waals surface area (Å²) in [6.45, 7) is 4.66. The van der Waals surface area contributed by atoms with Gasteiger partial charge in [-0.3, -0.25) is 9.97 Å². The molecule has 0 aromatic carbocycles. The van der Waals surface area contributed by atoms with Gasteiger partial charge in [-0.2, -0.15) is 0 Å². The molecule has 35 heavy (non-hydrogen) atoms. The van der Waals surface area contributed by atoms with Crippen molar-refractivity contribution in [1.82, 2.24) is 15.3 Å². The lowest BCUT2D eigenvalue weighted by Gasteiger charge is -2.28. The van der Waals surface area contributed by atoms with E-state index in [0.717, 1.165) is 56.0 Å². The van der Waals surface area contributed by atoms with E-state index in [4.69, 9.17) is 4.74 Å². The Labute approximate surface area is 207 Å². The van der Waals surface area contributed by atoms with Crippen LogP contribution < -0.4 is 5.32 Å². The van der Waals surface area contributed by atoms with Crippen LogP contribution in [0.4, 0.5) is 0 Å². The first-order valence-electron chi connectivity index (χ1n) is 12.1. The Balaban J connectivity index is 1.52. The zero-order valence-electron chi connectivity index (χ0n) is 20.5. The molecule has 2 aromatic heterocycles. The minimum Gasteiger partial charge on any atom is -0.387 e. The van der Waals surface area contributed by atoms with E-state index in [-0.39, 0.29) is 16.9 Å². The smallest absolute Gasteiger partial charge is 0.177 e. The van der Waals surface area contributed by atoms with Crippen molar-refractivity contribution < 1.29 is 23.4 Å². The van der Waals surface area contributed by atoms with Gasteiger partial charge in [-0.1, -0.05) is 12.1 Å². The Morgan fingerprint density at radius 3 is 2.46 bits per heavy atom. The van der Waals surface area contributed by atoms with Crippen LogP contribution in [0, 0.1) is 5.92 Å². The van der Waals surface area contributed by atoms with Gasteiger partial charge >= 0.3 is 0 Å². The first-order valence-corrected chi connectivity index (χ1v) is 14.0. The molecular formula is C26H35N3O5S. The molecule has 3 atom stereocenters. The zero-order chi connectivity index (χ0) is 25.2. The molecule has 2 aromatic rings. The summed E-state index contributed by atoms with van der Waals surface area (Å²) in [6.07, 6.45) is 9.09. The number of aliphatic hydroxyl groups is 2. The number of rotatable bonds is 8. The number of ether oxygens (including phenoxy) is 1. The van der Waals surface area contributed by atoms with Crippen molar-refractivity contribution in [2.24, 2.45) is 5.92 Å². The summed E-state index contributed by atoms with van der Waals surface area (Å²) in [5.74, 6) is 0.528. The summed E-state index contributed by atoms with van der Waals surface area (Å²) >= 11 is 0. The van der Waals surface area contributed by atoms with Gasteiger partial charge < -0.3 is 20.3 Å². The van der Waals surface area contributed by atoms with Crippen LogP contribution in [-0.4, -0.2) is 53.7 Å². The summed E-state index contributed by atoms with van der Waals surface area (Å²) in [6, 6.07) is 7.13. The molecule has 0 amide bonds. The third kappa shape index (κ3) is 6.27. The van der Waals surface area contributed by atoms with Crippen LogP contribution in [0.25, 0.3) is 0 Å². The normalized spacial score (nSPS) is 21.3. The number of pyridine rings is 2. The number of nitrogens with one attached hydrogen (secondary N) is 1. The van der Waals surface area contributed by atoms with Crippen molar-refractivity contribution >= 4 is 9.84 Å². The lowest BCUT2D eigenvalue weighted by atomic mass is 9.85. The maximum Gasteiger partial charge on any atom is 0.177 e. The van der Waals surface area contributed by atoms with E-state index in [1.165, 1.54) is 12.5 Å². The highest BCUT2D eigenvalue weighted by Crippen LogP contribution is 2.37. The largest absolute Gasteiger partial charge is 0.387 e. The fraction of sp³-hybridized carbons (Fsp3) is 0.538. The molecule has 3 N–H and O–H groups in total. The maximum atomic E-state index is 11.9. The van der Waals surface area contributed by atoms with Crippen molar-refractivity contribution in [3.05, 3.63) is 65.4 Å². The minimum absolute atomic E-state index is 0.00851. The van der Waals surface area contributed by atoms with E-state index >= 15 is 0 Å². The third-order valence-corrected chi connectivity index (χ3v) is 7.99. The number of sulfone groups is 1. The van der Waals surface area contributed by atoms with Crippen LogP contribution in [0.2, 0.25) is 0 Å². The van der Waals surface area contributed by atoms with Gasteiger partial charge in [0.1, 0.15) is 6.10 Å². The van der Waals surface area contributed by atoms with Gasteiger partial charge in [-0.05, 0) is 63.6 Å². The lowest BCUT2D eigenvalue weighted by Crippen LogP contribution is -2.28. The number of hydrogen-bond acceptors (Lipinski definition) is 8. The molecule has 0 aliphatic carbocycles. The topological polar surface area (TPSA) is 122 Å². The first-order chi connectivity index (χ1) is 16.5. The van der Waals surface area contributed by atoms with Gasteiger partial charge in [0.2, 0.25) is 0 Å². The van der Waals surface area contributed by atoms with E-state index < -0.39 is 21.5 Å². The van der Waals surface area contributed by atoms with Crippen LogP contribution >= 0.6 is 0 Å². The Morgan fingerprint density at radius 1 is 1.14 bits per heavy atom. The van der Waals surface area contributed by atoms with Gasteiger partial charge in [-0.25, -0.2) is 8.42 Å². The summed E-state index contributed by atoms with van der Waals surface area (Å²) in [5, 5.41) is 24.0. The molecule has 1 fully saturated rings. The SMILES string of the molecule is CC(C)(O)C(O)c1ccc(C2CC=C(C(CC3CCOCC3)c3ccc(S(C)(=O)=O)cn3)N2)nc1. The highest BCUT2D eigenvalue weighted by molar-refractivity contribution is 7.90. The zero-order valence-corrected chi connectivity index (χ0v) is 21.3. The van der Waals surface area contributed by atoms with Gasteiger partial charge in [0, 0.05) is 54.7 Å². The lowest BCUT2D eigenvalue weighted by molar-refractivity contribution is -0.0498. The van der Waals surface area contributed by atoms with Crippen LogP contribution in [0.5, 0.6) is 0 Å². The molecule has 0 spiro atoms. The van der Waals surface area contributed by atoms with Crippen LogP contribution in [-0.2, 0) is 14.6 Å². The fourth-order valence-corrected chi connectivity index (χ4v) is 5.29. The second-order valence-electron chi connectivity index (χ2n) is 10.2. The Morgan fingerprint density at radius 2 is 1.89 bits per heavy atom. The van der Waals surface area contributed by atoms with E-state index in [2.05, 4.69) is 21.4 Å².